The highest BCUT2D eigenvalue weighted by Gasteiger charge is 2.23. The van der Waals surface area contributed by atoms with E-state index in [1.807, 2.05) is 30.0 Å². The van der Waals surface area contributed by atoms with Crippen molar-refractivity contribution in [2.75, 3.05) is 38.0 Å². The van der Waals surface area contributed by atoms with Crippen molar-refractivity contribution in [2.45, 2.75) is 13.8 Å². The van der Waals surface area contributed by atoms with E-state index in [2.05, 4.69) is 21.2 Å². The van der Waals surface area contributed by atoms with Crippen LogP contribution in [0.3, 0.4) is 0 Å². The molecule has 0 atom stereocenters. The van der Waals surface area contributed by atoms with Crippen LogP contribution in [-0.2, 0) is 9.59 Å². The number of nitrogens with one attached hydrogen (secondary N) is 2. The summed E-state index contributed by atoms with van der Waals surface area (Å²) in [4.78, 5) is 26.4. The fraction of sp³-hybridized carbons (Fsp3) is 0.467. The smallest absolute Gasteiger partial charge is 0.279 e. The average molecular weight is 355 g/mol. The van der Waals surface area contributed by atoms with Crippen molar-refractivity contribution in [2.24, 2.45) is 0 Å². The molecule has 1 saturated heterocycles. The number of amides is 2. The first kappa shape index (κ1) is 16.0. The molecule has 0 saturated carbocycles. The van der Waals surface area contributed by atoms with Crippen LogP contribution in [0.5, 0.6) is 0 Å². The first-order valence-corrected chi connectivity index (χ1v) is 7.90. The van der Waals surface area contributed by atoms with Crippen LogP contribution in [0.15, 0.2) is 22.7 Å². The third-order valence-electron chi connectivity index (χ3n) is 3.78. The summed E-state index contributed by atoms with van der Waals surface area (Å²) >= 11 is 3.46. The molecule has 1 aliphatic heterocycles. The number of nitrogens with zero attached hydrogens (tertiary/aromatic N) is 1. The Morgan fingerprint density at radius 3 is 2.57 bits per heavy atom. The molecule has 114 valence electrons. The summed E-state index contributed by atoms with van der Waals surface area (Å²) in [7, 11) is 0. The van der Waals surface area contributed by atoms with E-state index in [9.17, 15) is 9.59 Å². The number of halogens is 1. The Balaban J connectivity index is 1.82. The molecule has 1 heterocycles. The van der Waals surface area contributed by atoms with Gasteiger partial charge in [-0.15, -0.1) is 0 Å². The van der Waals surface area contributed by atoms with Crippen LogP contribution in [0.4, 0.5) is 5.69 Å². The molecule has 2 N–H and O–H groups in total. The summed E-state index contributed by atoms with van der Waals surface area (Å²) in [5.74, 6) is 0.125. The Morgan fingerprint density at radius 2 is 2.00 bits per heavy atom. The predicted molar refractivity (Wildman–Crippen MR) is 85.3 cm³/mol. The second kappa shape index (κ2) is 7.04. The Labute approximate surface area is 133 Å². The second-order valence-electron chi connectivity index (χ2n) is 5.44. The van der Waals surface area contributed by atoms with Crippen LogP contribution in [-0.4, -0.2) is 49.4 Å². The molecule has 1 aromatic carbocycles. The van der Waals surface area contributed by atoms with Crippen LogP contribution in [0.25, 0.3) is 0 Å². The van der Waals surface area contributed by atoms with E-state index in [1.165, 1.54) is 4.90 Å². The van der Waals surface area contributed by atoms with Gasteiger partial charge in [0.05, 0.1) is 26.2 Å². The molecule has 0 aromatic heterocycles. The van der Waals surface area contributed by atoms with E-state index in [1.54, 1.807) is 6.92 Å². The zero-order valence-corrected chi connectivity index (χ0v) is 14.0. The normalized spacial score (nSPS) is 15.9. The van der Waals surface area contributed by atoms with Gasteiger partial charge in [0.25, 0.3) is 5.91 Å². The summed E-state index contributed by atoms with van der Waals surface area (Å²) in [5.41, 5.74) is 1.94. The van der Waals surface area contributed by atoms with Crippen LogP contribution in [0.1, 0.15) is 12.5 Å². The Bertz CT molecular complexity index is 540. The van der Waals surface area contributed by atoms with Crippen LogP contribution >= 0.6 is 15.9 Å². The van der Waals surface area contributed by atoms with Crippen LogP contribution in [0, 0.1) is 6.92 Å². The molecule has 1 aromatic rings. The standard InChI is InChI=1S/C15H20BrN3O2/c1-11-3-4-13(9-14(11)16)17-15(21)10-18-5-7-19(8-6-18)12(2)20/h3-4,9H,5-8,10H2,1-2H3,(H,17,21)/p+1. The topological polar surface area (TPSA) is 53.9 Å². The highest BCUT2D eigenvalue weighted by molar-refractivity contribution is 9.10. The van der Waals surface area contributed by atoms with Gasteiger partial charge >= 0.3 is 0 Å². The molecule has 1 fully saturated rings. The minimum absolute atomic E-state index is 0.0111. The maximum Gasteiger partial charge on any atom is 0.279 e. The fourth-order valence-corrected chi connectivity index (χ4v) is 2.80. The molecule has 0 radical (unpaired) electrons. The van der Waals surface area contributed by atoms with Gasteiger partial charge in [-0.2, -0.15) is 0 Å². The maximum atomic E-state index is 12.1. The number of hydrogen-bond donors (Lipinski definition) is 2. The van der Waals surface area contributed by atoms with E-state index >= 15 is 0 Å². The molecule has 0 spiro atoms. The monoisotopic (exact) mass is 354 g/mol. The maximum absolute atomic E-state index is 12.1. The van der Waals surface area contributed by atoms with Crippen molar-refractivity contribution in [3.8, 4) is 0 Å². The Kier molecular flexibility index (Phi) is 5.36. The molecule has 1 aliphatic rings. The van der Waals surface area contributed by atoms with Gasteiger partial charge in [0.15, 0.2) is 6.54 Å². The van der Waals surface area contributed by atoms with Crippen molar-refractivity contribution in [1.29, 1.82) is 0 Å². The molecule has 0 bridgehead atoms. The minimum Gasteiger partial charge on any atom is -0.332 e. The molecule has 2 rings (SSSR count). The van der Waals surface area contributed by atoms with Crippen LogP contribution in [0.2, 0.25) is 0 Å². The highest BCUT2D eigenvalue weighted by atomic mass is 79.9. The second-order valence-corrected chi connectivity index (χ2v) is 6.30. The average Bonchev–Trinajstić information content (AvgIpc) is 2.43. The number of rotatable bonds is 3. The van der Waals surface area contributed by atoms with Gasteiger partial charge in [-0.05, 0) is 24.6 Å². The predicted octanol–water partition coefficient (Wildman–Crippen LogP) is 0.443. The summed E-state index contributed by atoms with van der Waals surface area (Å²) in [6.45, 7) is 7.15. The lowest BCUT2D eigenvalue weighted by Gasteiger charge is -2.31. The zero-order chi connectivity index (χ0) is 15.4. The molecule has 0 aliphatic carbocycles. The number of carbonyl (C=O) groups is 2. The summed E-state index contributed by atoms with van der Waals surface area (Å²) in [6, 6.07) is 5.79. The number of aryl methyl sites for hydroxylation is 1. The molecule has 0 unspecified atom stereocenters. The van der Waals surface area contributed by atoms with E-state index in [-0.39, 0.29) is 11.8 Å². The lowest BCUT2D eigenvalue weighted by Crippen LogP contribution is -3.15. The summed E-state index contributed by atoms with van der Waals surface area (Å²) in [6.07, 6.45) is 0. The first-order chi connectivity index (χ1) is 9.95. The van der Waals surface area contributed by atoms with E-state index in [0.29, 0.717) is 6.54 Å². The third kappa shape index (κ3) is 4.54. The molecular formula is C15H21BrN3O2+. The molecular weight excluding hydrogens is 334 g/mol. The quantitative estimate of drug-likeness (QED) is 0.827. The van der Waals surface area contributed by atoms with E-state index in [4.69, 9.17) is 0 Å². The Morgan fingerprint density at radius 1 is 1.33 bits per heavy atom. The van der Waals surface area contributed by atoms with Gasteiger partial charge in [-0.3, -0.25) is 9.59 Å². The van der Waals surface area contributed by atoms with Crippen molar-refractivity contribution in [1.82, 2.24) is 4.90 Å². The fourth-order valence-electron chi connectivity index (χ4n) is 2.42. The van der Waals surface area contributed by atoms with E-state index in [0.717, 1.165) is 41.9 Å². The molecule has 2 amide bonds. The van der Waals surface area contributed by atoms with Gasteiger partial charge < -0.3 is 15.1 Å². The highest BCUT2D eigenvalue weighted by Crippen LogP contribution is 2.20. The number of carbonyl (C=O) groups excluding carboxylic acids is 2. The molecule has 6 heteroatoms. The lowest BCUT2D eigenvalue weighted by atomic mass is 10.2. The van der Waals surface area contributed by atoms with Gasteiger partial charge in [0.2, 0.25) is 5.91 Å². The number of anilines is 1. The summed E-state index contributed by atoms with van der Waals surface area (Å²) in [5, 5.41) is 2.92. The van der Waals surface area contributed by atoms with Crippen molar-refractivity contribution in [3.05, 3.63) is 28.2 Å². The van der Waals surface area contributed by atoms with Gasteiger partial charge in [-0.25, -0.2) is 0 Å². The van der Waals surface area contributed by atoms with Crippen molar-refractivity contribution < 1.29 is 14.5 Å². The molecule has 5 nitrogen and oxygen atoms in total. The van der Waals surface area contributed by atoms with Gasteiger partial charge in [-0.1, -0.05) is 22.0 Å². The van der Waals surface area contributed by atoms with Gasteiger partial charge in [0.1, 0.15) is 0 Å². The van der Waals surface area contributed by atoms with Crippen LogP contribution < -0.4 is 10.2 Å². The number of hydrogen-bond acceptors (Lipinski definition) is 2. The number of quaternary nitrogens is 1. The van der Waals surface area contributed by atoms with E-state index < -0.39 is 0 Å². The zero-order valence-electron chi connectivity index (χ0n) is 12.4. The Hall–Kier alpha value is -1.40. The van der Waals surface area contributed by atoms with Crippen molar-refractivity contribution in [3.63, 3.8) is 0 Å². The van der Waals surface area contributed by atoms with Crippen molar-refractivity contribution >= 4 is 33.4 Å². The van der Waals surface area contributed by atoms with Gasteiger partial charge in [0, 0.05) is 17.1 Å². The molecule has 21 heavy (non-hydrogen) atoms. The first-order valence-electron chi connectivity index (χ1n) is 7.11. The number of piperazine rings is 1. The SMILES string of the molecule is CC(=O)N1CC[NH+](CC(=O)Nc2ccc(C)c(Br)c2)CC1. The minimum atomic E-state index is 0.0111. The lowest BCUT2D eigenvalue weighted by molar-refractivity contribution is -0.895. The third-order valence-corrected chi connectivity index (χ3v) is 4.64. The largest absolute Gasteiger partial charge is 0.332 e. The summed E-state index contributed by atoms with van der Waals surface area (Å²) < 4.78 is 0.989. The number of benzene rings is 1.